The lowest BCUT2D eigenvalue weighted by Gasteiger charge is -2.12. The summed E-state index contributed by atoms with van der Waals surface area (Å²) in [7, 11) is 5.12. The summed E-state index contributed by atoms with van der Waals surface area (Å²) < 4.78 is 64.8. The van der Waals surface area contributed by atoms with E-state index in [0.717, 1.165) is 58.4 Å². The van der Waals surface area contributed by atoms with Crippen molar-refractivity contribution in [3.05, 3.63) is 203 Å². The number of aryl methyl sites for hydroxylation is 1. The van der Waals surface area contributed by atoms with Crippen LogP contribution in [0.4, 0.5) is 4.39 Å². The number of thiazole rings is 3. The summed E-state index contributed by atoms with van der Waals surface area (Å²) in [5.41, 5.74) is 2.04. The Kier molecular flexibility index (Phi) is 39.8. The van der Waals surface area contributed by atoms with E-state index in [2.05, 4.69) is 66.8 Å². The van der Waals surface area contributed by atoms with Gasteiger partial charge in [0.05, 0.1) is 45.5 Å². The van der Waals surface area contributed by atoms with Crippen LogP contribution in [-0.2, 0) is 25.4 Å². The molecule has 0 radical (unpaired) electrons. The predicted octanol–water partition coefficient (Wildman–Crippen LogP) is 19.6. The highest BCUT2D eigenvalue weighted by Crippen LogP contribution is 2.28. The van der Waals surface area contributed by atoms with Gasteiger partial charge in [-0.2, -0.15) is 0 Å². The molecule has 0 aliphatic carbocycles. The maximum absolute atomic E-state index is 12.9. The Labute approximate surface area is 650 Å². The van der Waals surface area contributed by atoms with Crippen LogP contribution in [0.15, 0.2) is 154 Å². The molecule has 108 heavy (non-hydrogen) atoms. The fraction of sp³-hybridized carbons (Fsp3) is 0.370. The molecular weight excluding hydrogens is 1480 g/mol. The van der Waals surface area contributed by atoms with Crippen molar-refractivity contribution in [1.82, 2.24) is 15.0 Å². The SMILES string of the molecule is CCCCCCCCc1ccc(OCC(=O)c2cc(C(=O)OC)cs2)cc1.CCCCCCCOc1ccc(OCC(=O)c2nc(C(=O)OC)cs2)cc1.CCCCCCSc1ccc(OC(C)C(=O)c2nc(C(=O)OC)cs2)cc1.COC(=O)c1csc(C(=O)COc2ccc(Oc3ccc(F)cc3)cc2)n1. The fourth-order valence-corrected chi connectivity index (χ4v) is 13.5. The van der Waals surface area contributed by atoms with Crippen molar-refractivity contribution >= 4 is 104 Å². The smallest absolute Gasteiger partial charge is 0.357 e. The van der Waals surface area contributed by atoms with Gasteiger partial charge in [0.1, 0.15) is 46.1 Å². The van der Waals surface area contributed by atoms with Crippen LogP contribution in [0.25, 0.3) is 0 Å². The molecule has 4 heterocycles. The number of carbonyl (C=O) groups excluding carboxylic acids is 8. The number of esters is 4. The first-order valence-corrected chi connectivity index (χ1v) is 39.9. The number of thiophene rings is 1. The number of rotatable bonds is 42. The van der Waals surface area contributed by atoms with Crippen molar-refractivity contribution in [1.29, 1.82) is 0 Å². The van der Waals surface area contributed by atoms with Crippen molar-refractivity contribution in [2.24, 2.45) is 0 Å². The second kappa shape index (κ2) is 49.3. The second-order valence-corrected chi connectivity index (χ2v) is 28.5. The Hall–Kier alpha value is -9.67. The van der Waals surface area contributed by atoms with E-state index in [1.807, 2.05) is 60.3 Å². The minimum absolute atomic E-state index is 0.0437. The number of nitrogens with zero attached hydrogens (tertiary/aromatic N) is 3. The summed E-state index contributed by atoms with van der Waals surface area (Å²) in [5, 5.41) is 6.72. The summed E-state index contributed by atoms with van der Waals surface area (Å²) in [4.78, 5) is 108. The molecule has 0 saturated heterocycles. The molecule has 1 atom stereocenters. The molecule has 1 unspecified atom stereocenters. The number of hydrogen-bond donors (Lipinski definition) is 0. The lowest BCUT2D eigenvalue weighted by molar-refractivity contribution is 0.0585. The van der Waals surface area contributed by atoms with Crippen molar-refractivity contribution in [3.63, 3.8) is 0 Å². The third kappa shape index (κ3) is 31.6. The molecule has 9 aromatic rings. The van der Waals surface area contributed by atoms with Crippen LogP contribution >= 0.6 is 57.1 Å². The quantitative estimate of drug-likeness (QED) is 0.0113. The number of Topliss-reactive ketones (excluding diaryl/α,β-unsaturated/α-hetero) is 4. The van der Waals surface area contributed by atoms with Crippen molar-refractivity contribution in [2.45, 2.75) is 141 Å². The third-order valence-electron chi connectivity index (χ3n) is 15.5. The maximum atomic E-state index is 12.9. The highest BCUT2D eigenvalue weighted by molar-refractivity contribution is 7.99. The largest absolute Gasteiger partial charge is 0.494 e. The van der Waals surface area contributed by atoms with Crippen LogP contribution in [0, 0.1) is 5.82 Å². The van der Waals surface area contributed by atoms with Crippen molar-refractivity contribution < 1.29 is 90.1 Å². The first kappa shape index (κ1) is 87.2. The fourth-order valence-electron chi connectivity index (χ4n) is 9.53. The highest BCUT2D eigenvalue weighted by Gasteiger charge is 2.24. The zero-order valence-corrected chi connectivity index (χ0v) is 66.1. The first-order valence-electron chi connectivity index (χ1n) is 35.4. The van der Waals surface area contributed by atoms with Gasteiger partial charge in [-0.3, -0.25) is 19.2 Å². The number of ketones is 4. The zero-order valence-electron chi connectivity index (χ0n) is 62.0. The van der Waals surface area contributed by atoms with Gasteiger partial charge in [-0.1, -0.05) is 110 Å². The summed E-state index contributed by atoms with van der Waals surface area (Å²) in [6.45, 7) is 8.62. The van der Waals surface area contributed by atoms with Gasteiger partial charge in [-0.15, -0.1) is 57.1 Å². The van der Waals surface area contributed by atoms with Gasteiger partial charge in [0.15, 0.2) is 58.0 Å². The van der Waals surface area contributed by atoms with E-state index in [0.29, 0.717) is 51.5 Å². The zero-order chi connectivity index (χ0) is 77.8. The molecule has 0 fully saturated rings. The minimum atomic E-state index is -0.686. The first-order chi connectivity index (χ1) is 52.4. The Morgan fingerprint density at radius 3 is 1.31 bits per heavy atom. The van der Waals surface area contributed by atoms with Crippen LogP contribution in [0.3, 0.4) is 0 Å². The summed E-state index contributed by atoms with van der Waals surface area (Å²) >= 11 is 6.32. The Bertz CT molecular complexity index is 4070. The number of methoxy groups -OCH3 is 4. The normalized spacial score (nSPS) is 10.8. The average molecular weight is 1570 g/mol. The third-order valence-corrected chi connectivity index (χ3v) is 20.2. The molecule has 576 valence electrons. The van der Waals surface area contributed by atoms with Gasteiger partial charge in [-0.05, 0) is 159 Å². The molecule has 0 amide bonds. The number of thioether (sulfide) groups is 1. The topological polar surface area (TPSA) is 268 Å². The number of hydrogen-bond acceptors (Lipinski definition) is 26. The van der Waals surface area contributed by atoms with E-state index in [9.17, 15) is 42.7 Å². The Morgan fingerprint density at radius 1 is 0.417 bits per heavy atom. The lowest BCUT2D eigenvalue weighted by Crippen LogP contribution is -2.24. The van der Waals surface area contributed by atoms with Crippen molar-refractivity contribution in [2.75, 3.05) is 60.6 Å². The molecular formula is C81H92FN3O18S5. The summed E-state index contributed by atoms with van der Waals surface area (Å²) in [5.74, 6) is 1.78. The van der Waals surface area contributed by atoms with Crippen LogP contribution in [0.5, 0.6) is 40.2 Å². The van der Waals surface area contributed by atoms with Crippen LogP contribution in [0.1, 0.15) is 210 Å². The van der Waals surface area contributed by atoms with E-state index in [1.165, 1.54) is 181 Å². The van der Waals surface area contributed by atoms with Gasteiger partial charge < -0.3 is 47.4 Å². The molecule has 9 rings (SSSR count). The van der Waals surface area contributed by atoms with Crippen LogP contribution < -0.4 is 28.4 Å². The average Bonchev–Trinajstić information content (AvgIpc) is 1.63. The molecule has 27 heteroatoms. The van der Waals surface area contributed by atoms with Gasteiger partial charge in [-0.25, -0.2) is 38.5 Å². The van der Waals surface area contributed by atoms with E-state index < -0.39 is 30.0 Å². The number of carbonyl (C=O) groups is 8. The summed E-state index contributed by atoms with van der Waals surface area (Å²) in [6, 6.07) is 36.7. The second-order valence-electron chi connectivity index (χ2n) is 23.8. The Balaban J connectivity index is 0.000000225. The van der Waals surface area contributed by atoms with Gasteiger partial charge >= 0.3 is 23.9 Å². The molecule has 5 aromatic carbocycles. The highest BCUT2D eigenvalue weighted by atomic mass is 32.2. The van der Waals surface area contributed by atoms with E-state index in [-0.39, 0.29) is 80.9 Å². The molecule has 21 nitrogen and oxygen atoms in total. The molecule has 0 saturated carbocycles. The Morgan fingerprint density at radius 2 is 0.815 bits per heavy atom. The molecule has 0 aliphatic heterocycles. The lowest BCUT2D eigenvalue weighted by atomic mass is 10.0. The standard InChI is InChI=1S/C22H28O4S.C20H25NO5S.C20H25NO4S2.C19H14FNO5S/c1-3-4-5-6-7-8-9-17-10-12-19(13-11-17)26-15-20(23)21-14-18(16-27-21)22(24)25-2;1-3-4-5-6-7-12-25-15-8-10-16(11-9-15)26-13-18(22)19-21-17(14-27-19)20(23)24-2;1-4-5-6-7-12-26-16-10-8-15(9-11-16)25-14(2)18(22)19-21-17(13-27-19)20(23)24-3;1-24-19(23)16-11-27-18(21-16)17(22)10-25-13-6-8-15(9-7-13)26-14-4-2-12(20)3-5-14/h10-14,16H,3-9,15H2,1-2H3;8-11,14H,3-7,12-13H2,1-2H3;8-11,13-14H,4-7,12H2,1-3H3;2-9,11H,10H2,1H3. The molecule has 0 spiro atoms. The van der Waals surface area contributed by atoms with Gasteiger partial charge in [0.2, 0.25) is 23.1 Å². The number of aromatic nitrogens is 3. The molecule has 0 bridgehead atoms. The monoisotopic (exact) mass is 1570 g/mol. The van der Waals surface area contributed by atoms with Crippen molar-refractivity contribution in [3.8, 4) is 40.2 Å². The van der Waals surface area contributed by atoms with Gasteiger partial charge in [0, 0.05) is 26.4 Å². The number of unbranched alkanes of at least 4 members (excludes halogenated alkanes) is 12. The number of halogens is 1. The maximum Gasteiger partial charge on any atom is 0.357 e. The van der Waals surface area contributed by atoms with E-state index in [4.69, 9.17) is 28.4 Å². The van der Waals surface area contributed by atoms with E-state index >= 15 is 0 Å². The molecule has 0 N–H and O–H groups in total. The predicted molar refractivity (Wildman–Crippen MR) is 418 cm³/mol. The number of benzene rings is 5. The van der Waals surface area contributed by atoms with E-state index in [1.54, 1.807) is 54.8 Å². The number of ether oxygens (including phenoxy) is 10. The molecule has 0 aliphatic rings. The van der Waals surface area contributed by atoms with Gasteiger partial charge in [0.25, 0.3) is 0 Å². The molecule has 4 aromatic heterocycles. The summed E-state index contributed by atoms with van der Waals surface area (Å²) in [6.07, 6.45) is 19.2. The minimum Gasteiger partial charge on any atom is -0.494 e. The van der Waals surface area contributed by atoms with Crippen LogP contribution in [0.2, 0.25) is 0 Å². The van der Waals surface area contributed by atoms with Crippen LogP contribution in [-0.4, -0.2) is 129 Å².